The standard InChI is InChI=1S/C17H9I3O5S/c18-9-7-12(16(20)13(19)8-9)17(21)25-14-5-1-4-11-10(14)3-2-6-15(11)26(22,23)24/h1-8H,(H,22,23,24). The molecule has 0 aliphatic heterocycles. The molecule has 0 atom stereocenters. The van der Waals surface area contributed by atoms with Crippen LogP contribution in [-0.4, -0.2) is 18.9 Å². The molecule has 3 aromatic carbocycles. The SMILES string of the molecule is O=C(Oc1cccc2c(S(=O)(=O)O)cccc12)c1cc(I)cc(I)c1I. The quantitative estimate of drug-likeness (QED) is 0.135. The van der Waals surface area contributed by atoms with Gasteiger partial charge in [0.05, 0.1) is 5.56 Å². The van der Waals surface area contributed by atoms with Crippen LogP contribution in [-0.2, 0) is 10.1 Å². The Morgan fingerprint density at radius 1 is 0.962 bits per heavy atom. The third-order valence-corrected chi connectivity index (χ3v) is 8.12. The number of fused-ring (bicyclic) bond motifs is 1. The second kappa shape index (κ2) is 7.85. The highest BCUT2D eigenvalue weighted by Gasteiger charge is 2.19. The molecule has 3 rings (SSSR count). The third-order valence-electron chi connectivity index (χ3n) is 3.54. The minimum Gasteiger partial charge on any atom is -0.422 e. The van der Waals surface area contributed by atoms with E-state index in [0.29, 0.717) is 10.9 Å². The highest BCUT2D eigenvalue weighted by atomic mass is 127. The second-order valence-corrected chi connectivity index (χ2v) is 10.1. The number of halogens is 3. The number of hydrogen-bond acceptors (Lipinski definition) is 4. The van der Waals surface area contributed by atoms with Crippen molar-refractivity contribution >= 4 is 94.6 Å². The van der Waals surface area contributed by atoms with Crippen molar-refractivity contribution in [2.45, 2.75) is 4.90 Å². The number of hydrogen-bond donors (Lipinski definition) is 1. The topological polar surface area (TPSA) is 80.7 Å². The molecule has 26 heavy (non-hydrogen) atoms. The minimum atomic E-state index is -4.39. The summed E-state index contributed by atoms with van der Waals surface area (Å²) in [6, 6.07) is 12.8. The smallest absolute Gasteiger partial charge is 0.344 e. The van der Waals surface area contributed by atoms with Gasteiger partial charge in [0, 0.05) is 21.5 Å². The van der Waals surface area contributed by atoms with Crippen LogP contribution in [0.2, 0.25) is 0 Å². The first-order chi connectivity index (χ1) is 12.2. The molecule has 0 aliphatic carbocycles. The van der Waals surface area contributed by atoms with Crippen LogP contribution >= 0.6 is 67.8 Å². The normalized spacial score (nSPS) is 11.5. The van der Waals surface area contributed by atoms with Gasteiger partial charge in [-0.2, -0.15) is 8.42 Å². The van der Waals surface area contributed by atoms with Crippen molar-refractivity contribution in [3.8, 4) is 5.75 Å². The highest BCUT2D eigenvalue weighted by molar-refractivity contribution is 14.1. The van der Waals surface area contributed by atoms with Crippen LogP contribution in [0.4, 0.5) is 0 Å². The van der Waals surface area contributed by atoms with Crippen molar-refractivity contribution in [3.63, 3.8) is 0 Å². The van der Waals surface area contributed by atoms with Gasteiger partial charge in [-0.05, 0) is 92.0 Å². The summed E-state index contributed by atoms with van der Waals surface area (Å²) in [4.78, 5) is 12.4. The first kappa shape index (κ1) is 20.2. The molecule has 0 radical (unpaired) electrons. The van der Waals surface area contributed by atoms with Gasteiger partial charge in [0.1, 0.15) is 10.6 Å². The van der Waals surface area contributed by atoms with Gasteiger partial charge in [-0.1, -0.05) is 24.3 Å². The van der Waals surface area contributed by atoms with E-state index in [4.69, 9.17) is 4.74 Å². The molecule has 0 bridgehead atoms. The van der Waals surface area contributed by atoms with Gasteiger partial charge < -0.3 is 4.74 Å². The lowest BCUT2D eigenvalue weighted by molar-refractivity contribution is 0.0736. The predicted molar refractivity (Wildman–Crippen MR) is 123 cm³/mol. The summed E-state index contributed by atoms with van der Waals surface area (Å²) in [5, 5.41) is 0.707. The molecule has 134 valence electrons. The number of rotatable bonds is 3. The fraction of sp³-hybridized carbons (Fsp3) is 0. The van der Waals surface area contributed by atoms with Crippen LogP contribution in [0.25, 0.3) is 10.8 Å². The lowest BCUT2D eigenvalue weighted by Crippen LogP contribution is -2.12. The Balaban J connectivity index is 2.09. The molecule has 3 aromatic rings. The Morgan fingerprint density at radius 3 is 2.31 bits per heavy atom. The summed E-state index contributed by atoms with van der Waals surface area (Å²) in [5.74, 6) is -0.307. The van der Waals surface area contributed by atoms with Gasteiger partial charge in [-0.15, -0.1) is 0 Å². The van der Waals surface area contributed by atoms with Crippen molar-refractivity contribution in [1.29, 1.82) is 0 Å². The van der Waals surface area contributed by atoms with Crippen LogP contribution < -0.4 is 4.74 Å². The van der Waals surface area contributed by atoms with Gasteiger partial charge in [-0.25, -0.2) is 4.79 Å². The van der Waals surface area contributed by atoms with Gasteiger partial charge in [0.15, 0.2) is 0 Å². The molecule has 0 spiro atoms. The van der Waals surface area contributed by atoms with E-state index < -0.39 is 16.1 Å². The third kappa shape index (κ3) is 4.15. The first-order valence-corrected chi connectivity index (χ1v) is 11.7. The maximum atomic E-state index is 12.7. The van der Waals surface area contributed by atoms with Crippen LogP contribution in [0.3, 0.4) is 0 Å². The number of ether oxygens (including phenoxy) is 1. The molecule has 0 saturated heterocycles. The molecule has 9 heteroatoms. The van der Waals surface area contributed by atoms with E-state index >= 15 is 0 Å². The Hall–Kier alpha value is -0.510. The molecular weight excluding hydrogens is 697 g/mol. The van der Waals surface area contributed by atoms with Crippen LogP contribution in [0.5, 0.6) is 5.75 Å². The Labute approximate surface area is 190 Å². The minimum absolute atomic E-state index is 0.225. The molecular formula is C17H9I3O5S. The first-order valence-electron chi connectivity index (χ1n) is 7.04. The summed E-state index contributed by atoms with van der Waals surface area (Å²) in [5.41, 5.74) is 0.435. The average molecular weight is 706 g/mol. The summed E-state index contributed by atoms with van der Waals surface area (Å²) in [6.45, 7) is 0. The molecule has 0 aromatic heterocycles. The average Bonchev–Trinajstić information content (AvgIpc) is 2.57. The molecule has 0 heterocycles. The van der Waals surface area contributed by atoms with Crippen molar-refractivity contribution in [3.05, 3.63) is 64.8 Å². The number of esters is 1. The maximum Gasteiger partial charge on any atom is 0.344 e. The van der Waals surface area contributed by atoms with Crippen LogP contribution in [0.15, 0.2) is 53.4 Å². The number of carbonyl (C=O) groups excluding carboxylic acids is 1. The summed E-state index contributed by atoms with van der Waals surface area (Å²) >= 11 is 6.37. The number of carbonyl (C=O) groups is 1. The zero-order chi connectivity index (χ0) is 19.1. The van der Waals surface area contributed by atoms with E-state index in [2.05, 4.69) is 67.8 Å². The molecule has 5 nitrogen and oxygen atoms in total. The van der Waals surface area contributed by atoms with Gasteiger partial charge in [-0.3, -0.25) is 4.55 Å². The van der Waals surface area contributed by atoms with Crippen molar-refractivity contribution < 1.29 is 22.5 Å². The molecule has 0 saturated carbocycles. The summed E-state index contributed by atoms with van der Waals surface area (Å²) in [7, 11) is -4.39. The second-order valence-electron chi connectivity index (χ2n) is 5.22. The van der Waals surface area contributed by atoms with Crippen LogP contribution in [0, 0.1) is 10.7 Å². The highest BCUT2D eigenvalue weighted by Crippen LogP contribution is 2.31. The zero-order valence-electron chi connectivity index (χ0n) is 12.7. The van der Waals surface area contributed by atoms with E-state index in [1.54, 1.807) is 30.3 Å². The van der Waals surface area contributed by atoms with E-state index in [1.165, 1.54) is 12.1 Å². The fourth-order valence-electron chi connectivity index (χ4n) is 2.43. The number of benzene rings is 3. The van der Waals surface area contributed by atoms with Crippen molar-refractivity contribution in [1.82, 2.24) is 0 Å². The molecule has 0 unspecified atom stereocenters. The van der Waals surface area contributed by atoms with Crippen molar-refractivity contribution in [2.24, 2.45) is 0 Å². The lowest BCUT2D eigenvalue weighted by atomic mass is 10.1. The molecule has 1 N–H and O–H groups in total. The van der Waals surface area contributed by atoms with Gasteiger partial charge in [0.25, 0.3) is 10.1 Å². The Kier molecular flexibility index (Phi) is 6.11. The Bertz CT molecular complexity index is 1140. The van der Waals surface area contributed by atoms with E-state index in [-0.39, 0.29) is 16.0 Å². The maximum absolute atomic E-state index is 12.7. The van der Waals surface area contributed by atoms with E-state index in [0.717, 1.165) is 10.7 Å². The molecule has 0 amide bonds. The lowest BCUT2D eigenvalue weighted by Gasteiger charge is -2.11. The predicted octanol–water partition coefficient (Wildman–Crippen LogP) is 5.12. The fourth-order valence-corrected chi connectivity index (χ4v) is 5.51. The van der Waals surface area contributed by atoms with Gasteiger partial charge in [0.2, 0.25) is 0 Å². The van der Waals surface area contributed by atoms with Crippen LogP contribution in [0.1, 0.15) is 10.4 Å². The summed E-state index contributed by atoms with van der Waals surface area (Å²) < 4.78 is 40.7. The Morgan fingerprint density at radius 2 is 1.62 bits per heavy atom. The molecule has 0 fully saturated rings. The molecule has 0 aliphatic rings. The zero-order valence-corrected chi connectivity index (χ0v) is 20.0. The van der Waals surface area contributed by atoms with E-state index in [9.17, 15) is 17.8 Å². The van der Waals surface area contributed by atoms with E-state index in [1.807, 2.05) is 6.07 Å². The summed E-state index contributed by atoms with van der Waals surface area (Å²) in [6.07, 6.45) is 0. The van der Waals surface area contributed by atoms with Gasteiger partial charge >= 0.3 is 5.97 Å². The largest absolute Gasteiger partial charge is 0.422 e. The van der Waals surface area contributed by atoms with Crippen molar-refractivity contribution in [2.75, 3.05) is 0 Å². The monoisotopic (exact) mass is 706 g/mol.